The number of benzene rings is 2. The molecule has 0 bridgehead atoms. The van der Waals surface area contributed by atoms with Crippen LogP contribution < -0.4 is 15.2 Å². The Bertz CT molecular complexity index is 968. The van der Waals surface area contributed by atoms with Crippen molar-refractivity contribution in [2.75, 3.05) is 32.7 Å². The summed E-state index contributed by atoms with van der Waals surface area (Å²) in [6, 6.07) is 12.3. The highest BCUT2D eigenvalue weighted by Gasteiger charge is 2.24. The zero-order valence-electron chi connectivity index (χ0n) is 15.1. The monoisotopic (exact) mass is 337 g/mol. The number of likely N-dealkylation sites (N-methyl/N-ethyl adjacent to an activating group) is 1. The molecular formula is C21H27N3O+2. The van der Waals surface area contributed by atoms with E-state index in [-0.39, 0.29) is 5.43 Å². The number of fused-ring (bicyclic) bond motifs is 3. The molecule has 130 valence electrons. The summed E-state index contributed by atoms with van der Waals surface area (Å²) in [6.07, 6.45) is 0. The Morgan fingerprint density at radius 2 is 1.68 bits per heavy atom. The van der Waals surface area contributed by atoms with E-state index in [9.17, 15) is 4.79 Å². The van der Waals surface area contributed by atoms with E-state index < -0.39 is 0 Å². The summed E-state index contributed by atoms with van der Waals surface area (Å²) < 4.78 is 0. The first kappa shape index (κ1) is 16.3. The molecule has 0 saturated carbocycles. The van der Waals surface area contributed by atoms with Crippen molar-refractivity contribution < 1.29 is 9.80 Å². The predicted molar refractivity (Wildman–Crippen MR) is 102 cm³/mol. The number of piperazine rings is 1. The smallest absolute Gasteiger partial charge is 0.198 e. The van der Waals surface area contributed by atoms with Crippen LogP contribution in [0.25, 0.3) is 21.7 Å². The van der Waals surface area contributed by atoms with Gasteiger partial charge in [0.1, 0.15) is 32.7 Å². The SMILES string of the molecule is CC[NH+]1CC[NH+](Cc2c(C)[nH]c3c(ccc4ccccc43)c2=O)CC1. The van der Waals surface area contributed by atoms with Crippen LogP contribution in [0.3, 0.4) is 0 Å². The highest BCUT2D eigenvalue weighted by atomic mass is 16.1. The van der Waals surface area contributed by atoms with Crippen molar-refractivity contribution in [1.29, 1.82) is 0 Å². The summed E-state index contributed by atoms with van der Waals surface area (Å²) in [6.45, 7) is 11.1. The van der Waals surface area contributed by atoms with Crippen LogP contribution in [0, 0.1) is 6.92 Å². The molecule has 0 amide bonds. The molecule has 4 heteroatoms. The summed E-state index contributed by atoms with van der Waals surface area (Å²) in [4.78, 5) is 19.9. The normalized spacial score (nSPS) is 21.0. The molecule has 1 aromatic heterocycles. The van der Waals surface area contributed by atoms with Crippen molar-refractivity contribution in [2.45, 2.75) is 20.4 Å². The summed E-state index contributed by atoms with van der Waals surface area (Å²) in [5, 5.41) is 3.11. The molecule has 25 heavy (non-hydrogen) atoms. The number of hydrogen-bond acceptors (Lipinski definition) is 1. The number of nitrogens with one attached hydrogen (secondary N) is 3. The topological polar surface area (TPSA) is 41.7 Å². The number of aromatic nitrogens is 1. The lowest BCUT2D eigenvalue weighted by atomic mass is 10.0. The molecule has 1 fully saturated rings. The highest BCUT2D eigenvalue weighted by Crippen LogP contribution is 2.22. The number of aromatic amines is 1. The van der Waals surface area contributed by atoms with E-state index in [1.165, 1.54) is 29.9 Å². The van der Waals surface area contributed by atoms with Gasteiger partial charge in [-0.05, 0) is 25.3 Å². The fraction of sp³-hybridized carbons (Fsp3) is 0.381. The second kappa shape index (κ2) is 6.62. The number of aryl methyl sites for hydroxylation is 1. The average molecular weight is 337 g/mol. The zero-order valence-corrected chi connectivity index (χ0v) is 15.1. The van der Waals surface area contributed by atoms with Crippen LogP contribution in [-0.2, 0) is 6.54 Å². The Morgan fingerprint density at radius 3 is 2.44 bits per heavy atom. The summed E-state index contributed by atoms with van der Waals surface area (Å²) in [5.41, 5.74) is 3.15. The van der Waals surface area contributed by atoms with E-state index in [0.717, 1.165) is 47.2 Å². The lowest BCUT2D eigenvalue weighted by Crippen LogP contribution is -3.27. The zero-order chi connectivity index (χ0) is 17.4. The Hall–Kier alpha value is -2.17. The van der Waals surface area contributed by atoms with Gasteiger partial charge >= 0.3 is 0 Å². The van der Waals surface area contributed by atoms with Crippen LogP contribution in [0.5, 0.6) is 0 Å². The number of pyridine rings is 1. The molecule has 4 nitrogen and oxygen atoms in total. The second-order valence-corrected chi connectivity index (χ2v) is 7.30. The Morgan fingerprint density at radius 1 is 0.960 bits per heavy atom. The molecule has 0 aliphatic carbocycles. The second-order valence-electron chi connectivity index (χ2n) is 7.30. The van der Waals surface area contributed by atoms with Gasteiger partial charge < -0.3 is 14.8 Å². The third kappa shape index (κ3) is 2.96. The maximum Gasteiger partial charge on any atom is 0.198 e. The third-order valence-corrected chi connectivity index (χ3v) is 5.80. The maximum atomic E-state index is 13.1. The van der Waals surface area contributed by atoms with E-state index in [4.69, 9.17) is 0 Å². The van der Waals surface area contributed by atoms with Gasteiger partial charge in [-0.25, -0.2) is 0 Å². The minimum absolute atomic E-state index is 0.203. The number of hydrogen-bond donors (Lipinski definition) is 3. The van der Waals surface area contributed by atoms with Crippen molar-refractivity contribution in [3.8, 4) is 0 Å². The van der Waals surface area contributed by atoms with Gasteiger partial charge in [-0.15, -0.1) is 0 Å². The number of rotatable bonds is 3. The van der Waals surface area contributed by atoms with Crippen molar-refractivity contribution in [1.82, 2.24) is 4.98 Å². The van der Waals surface area contributed by atoms with Gasteiger partial charge in [0.2, 0.25) is 0 Å². The first-order valence-electron chi connectivity index (χ1n) is 9.37. The van der Waals surface area contributed by atoms with Crippen LogP contribution >= 0.6 is 0 Å². The first-order chi connectivity index (χ1) is 12.2. The van der Waals surface area contributed by atoms with E-state index in [2.05, 4.69) is 30.1 Å². The highest BCUT2D eigenvalue weighted by molar-refractivity contribution is 6.05. The Kier molecular flexibility index (Phi) is 4.32. The van der Waals surface area contributed by atoms with E-state index in [0.29, 0.717) is 0 Å². The minimum atomic E-state index is 0.203. The van der Waals surface area contributed by atoms with Gasteiger partial charge in [-0.1, -0.05) is 30.3 Å². The van der Waals surface area contributed by atoms with Crippen LogP contribution in [0.1, 0.15) is 18.2 Å². The minimum Gasteiger partial charge on any atom is -0.357 e. The molecular weight excluding hydrogens is 310 g/mol. The largest absolute Gasteiger partial charge is 0.357 e. The van der Waals surface area contributed by atoms with Crippen molar-refractivity contribution in [3.63, 3.8) is 0 Å². The van der Waals surface area contributed by atoms with Gasteiger partial charge in [-0.3, -0.25) is 4.79 Å². The molecule has 0 atom stereocenters. The summed E-state index contributed by atoms with van der Waals surface area (Å²) >= 11 is 0. The van der Waals surface area contributed by atoms with Crippen LogP contribution in [0.4, 0.5) is 0 Å². The number of H-pyrrole nitrogens is 1. The standard InChI is InChI=1S/C21H25N3O/c1-3-23-10-12-24(13-11-23)14-19-15(2)22-20-17-7-5-4-6-16(17)8-9-18(20)21(19)25/h4-9H,3,10-14H2,1-2H3,(H,22,25)/p+2. The summed E-state index contributed by atoms with van der Waals surface area (Å²) in [7, 11) is 0. The molecule has 3 aromatic rings. The molecule has 0 spiro atoms. The molecule has 1 saturated heterocycles. The molecule has 4 rings (SSSR count). The Balaban J connectivity index is 1.73. The molecule has 2 heterocycles. The first-order valence-corrected chi connectivity index (χ1v) is 9.37. The van der Waals surface area contributed by atoms with E-state index in [1.807, 2.05) is 25.1 Å². The Labute approximate surface area is 148 Å². The maximum absolute atomic E-state index is 13.1. The quantitative estimate of drug-likeness (QED) is 0.591. The molecule has 0 radical (unpaired) electrons. The van der Waals surface area contributed by atoms with Gasteiger partial charge in [0, 0.05) is 16.5 Å². The van der Waals surface area contributed by atoms with Crippen molar-refractivity contribution in [2.24, 2.45) is 0 Å². The lowest BCUT2D eigenvalue weighted by Gasteiger charge is -2.29. The van der Waals surface area contributed by atoms with Gasteiger partial charge in [0.15, 0.2) is 5.43 Å². The molecule has 0 unspecified atom stereocenters. The van der Waals surface area contributed by atoms with E-state index in [1.54, 1.807) is 4.90 Å². The molecule has 1 aliphatic rings. The summed E-state index contributed by atoms with van der Waals surface area (Å²) in [5.74, 6) is 0. The molecule has 2 aromatic carbocycles. The molecule has 1 aliphatic heterocycles. The third-order valence-electron chi connectivity index (χ3n) is 5.80. The van der Waals surface area contributed by atoms with Gasteiger partial charge in [0.25, 0.3) is 0 Å². The van der Waals surface area contributed by atoms with Gasteiger partial charge in [-0.2, -0.15) is 0 Å². The molecule has 3 N–H and O–H groups in total. The fourth-order valence-electron chi connectivity index (χ4n) is 4.14. The van der Waals surface area contributed by atoms with E-state index >= 15 is 0 Å². The lowest BCUT2D eigenvalue weighted by molar-refractivity contribution is -1.02. The fourth-order valence-corrected chi connectivity index (χ4v) is 4.14. The van der Waals surface area contributed by atoms with Crippen molar-refractivity contribution in [3.05, 3.63) is 57.9 Å². The average Bonchev–Trinajstić information content (AvgIpc) is 2.65. The number of quaternary nitrogens is 2. The van der Waals surface area contributed by atoms with Gasteiger partial charge in [0.05, 0.1) is 17.6 Å². The van der Waals surface area contributed by atoms with Crippen LogP contribution in [0.15, 0.2) is 41.2 Å². The van der Waals surface area contributed by atoms with Crippen LogP contribution in [0.2, 0.25) is 0 Å². The predicted octanol–water partition coefficient (Wildman–Crippen LogP) is 0.293. The van der Waals surface area contributed by atoms with Crippen molar-refractivity contribution >= 4 is 21.7 Å². The van der Waals surface area contributed by atoms with Crippen LogP contribution in [-0.4, -0.2) is 37.7 Å².